The van der Waals surface area contributed by atoms with E-state index in [1.54, 1.807) is 6.08 Å². The number of nitrogens with zero attached hydrogens (tertiary/aromatic N) is 5. The number of likely N-dealkylation sites (tertiary alicyclic amines) is 2. The molecule has 0 radical (unpaired) electrons. The Balaban J connectivity index is 1.34. The molecular weight excluding hydrogens is 378 g/mol. The Kier molecular flexibility index (Phi) is 6.79. The summed E-state index contributed by atoms with van der Waals surface area (Å²) in [6, 6.07) is 8.23. The summed E-state index contributed by atoms with van der Waals surface area (Å²) in [6.45, 7) is 9.68. The molecule has 0 aliphatic carbocycles. The van der Waals surface area contributed by atoms with Gasteiger partial charge in [0.05, 0.1) is 6.20 Å². The van der Waals surface area contributed by atoms with E-state index < -0.39 is 0 Å². The van der Waals surface area contributed by atoms with E-state index in [2.05, 4.69) is 33.9 Å². The van der Waals surface area contributed by atoms with Crippen LogP contribution in [0.3, 0.4) is 0 Å². The van der Waals surface area contributed by atoms with Gasteiger partial charge in [0.1, 0.15) is 12.4 Å². The maximum atomic E-state index is 12.5. The van der Waals surface area contributed by atoms with Crippen molar-refractivity contribution in [2.75, 3.05) is 32.8 Å². The normalized spacial score (nSPS) is 19.7. The van der Waals surface area contributed by atoms with Gasteiger partial charge in [0.15, 0.2) is 5.69 Å². The van der Waals surface area contributed by atoms with Crippen LogP contribution in [0.15, 0.2) is 43.1 Å². The first-order valence-corrected chi connectivity index (χ1v) is 11.0. The van der Waals surface area contributed by atoms with Gasteiger partial charge in [-0.25, -0.2) is 0 Å². The fourth-order valence-corrected chi connectivity index (χ4v) is 4.44. The fourth-order valence-electron chi connectivity index (χ4n) is 4.44. The van der Waals surface area contributed by atoms with Crippen molar-refractivity contribution in [3.05, 3.63) is 54.4 Å². The van der Waals surface area contributed by atoms with Gasteiger partial charge < -0.3 is 9.64 Å². The molecular formula is C23H31N5O2. The van der Waals surface area contributed by atoms with Crippen molar-refractivity contribution in [1.29, 1.82) is 0 Å². The van der Waals surface area contributed by atoms with E-state index in [4.69, 9.17) is 4.74 Å². The molecule has 160 valence electrons. The number of carbonyl (C=O) groups excluding carboxylic acids is 1. The summed E-state index contributed by atoms with van der Waals surface area (Å²) < 4.78 is 7.66. The van der Waals surface area contributed by atoms with Gasteiger partial charge >= 0.3 is 0 Å². The maximum Gasteiger partial charge on any atom is 0.276 e. The molecule has 4 rings (SSSR count). The molecule has 1 atom stereocenters. The summed E-state index contributed by atoms with van der Waals surface area (Å²) in [6.07, 6.45) is 8.08. The zero-order valence-electron chi connectivity index (χ0n) is 17.6. The molecule has 1 amide bonds. The Bertz CT molecular complexity index is 859. The van der Waals surface area contributed by atoms with Crippen molar-refractivity contribution in [3.63, 3.8) is 0 Å². The first kappa shape index (κ1) is 20.6. The zero-order valence-corrected chi connectivity index (χ0v) is 17.6. The predicted octanol–water partition coefficient (Wildman–Crippen LogP) is 2.99. The van der Waals surface area contributed by atoms with Crippen LogP contribution < -0.4 is 4.74 Å². The van der Waals surface area contributed by atoms with Gasteiger partial charge in [-0.15, -0.1) is 5.10 Å². The van der Waals surface area contributed by atoms with E-state index in [0.29, 0.717) is 18.2 Å². The van der Waals surface area contributed by atoms with Gasteiger partial charge in [-0.1, -0.05) is 36.1 Å². The van der Waals surface area contributed by atoms with Gasteiger partial charge in [-0.05, 0) is 44.2 Å². The highest BCUT2D eigenvalue weighted by Gasteiger charge is 2.24. The quantitative estimate of drug-likeness (QED) is 0.627. The highest BCUT2D eigenvalue weighted by molar-refractivity contribution is 5.92. The molecule has 1 aromatic carbocycles. The second kappa shape index (κ2) is 9.89. The van der Waals surface area contributed by atoms with Gasteiger partial charge in [-0.2, -0.15) is 0 Å². The Labute approximate surface area is 178 Å². The largest absolute Gasteiger partial charge is 0.489 e. The Morgan fingerprint density at radius 3 is 2.87 bits per heavy atom. The minimum absolute atomic E-state index is 0.0140. The summed E-state index contributed by atoms with van der Waals surface area (Å²) in [5, 5.41) is 8.37. The minimum Gasteiger partial charge on any atom is -0.489 e. The van der Waals surface area contributed by atoms with E-state index in [0.717, 1.165) is 64.3 Å². The van der Waals surface area contributed by atoms with Crippen LogP contribution in [0.1, 0.15) is 41.7 Å². The standard InChI is InChI=1S/C23H31N5O2/c1-2-14-30-22-10-4-3-9-20(22)17-26-11-7-8-19(15-26)16-28-18-21(24-25-28)23(29)27-12-5-6-13-27/h2-4,9-10,18-19H,1,5-8,11-17H2. The molecule has 2 aliphatic rings. The Hall–Kier alpha value is -2.67. The summed E-state index contributed by atoms with van der Waals surface area (Å²) in [5.41, 5.74) is 1.68. The first-order valence-electron chi connectivity index (χ1n) is 11.0. The molecule has 2 saturated heterocycles. The van der Waals surface area contributed by atoms with Crippen molar-refractivity contribution in [2.24, 2.45) is 5.92 Å². The van der Waals surface area contributed by atoms with Crippen LogP contribution in [0, 0.1) is 5.92 Å². The first-order chi connectivity index (χ1) is 14.7. The Morgan fingerprint density at radius 2 is 2.03 bits per heavy atom. The molecule has 7 nitrogen and oxygen atoms in total. The average Bonchev–Trinajstić information content (AvgIpc) is 3.45. The molecule has 0 N–H and O–H groups in total. The summed E-state index contributed by atoms with van der Waals surface area (Å²) in [4.78, 5) is 16.9. The zero-order chi connectivity index (χ0) is 20.8. The molecule has 3 heterocycles. The van der Waals surface area contributed by atoms with Crippen LogP contribution in [0.5, 0.6) is 5.75 Å². The van der Waals surface area contributed by atoms with Crippen LogP contribution >= 0.6 is 0 Å². The number of aromatic nitrogens is 3. The number of hydrogen-bond donors (Lipinski definition) is 0. The van der Waals surface area contributed by atoms with E-state index in [1.807, 2.05) is 27.9 Å². The predicted molar refractivity (Wildman–Crippen MR) is 115 cm³/mol. The number of amides is 1. The second-order valence-corrected chi connectivity index (χ2v) is 8.28. The lowest BCUT2D eigenvalue weighted by atomic mass is 9.97. The number of carbonyl (C=O) groups is 1. The molecule has 2 fully saturated rings. The van der Waals surface area contributed by atoms with Gasteiger partial charge in [0.2, 0.25) is 0 Å². The molecule has 7 heteroatoms. The van der Waals surface area contributed by atoms with Gasteiger partial charge in [-0.3, -0.25) is 14.4 Å². The molecule has 30 heavy (non-hydrogen) atoms. The number of para-hydroxylation sites is 1. The van der Waals surface area contributed by atoms with Crippen molar-refractivity contribution < 1.29 is 9.53 Å². The van der Waals surface area contributed by atoms with Crippen LogP contribution in [-0.2, 0) is 13.1 Å². The van der Waals surface area contributed by atoms with Gasteiger partial charge in [0.25, 0.3) is 5.91 Å². The van der Waals surface area contributed by atoms with Crippen LogP contribution in [0.2, 0.25) is 0 Å². The number of hydrogen-bond acceptors (Lipinski definition) is 5. The number of rotatable bonds is 8. The SMILES string of the molecule is C=CCOc1ccccc1CN1CCCC(Cn2cc(C(=O)N3CCCC3)nn2)C1. The molecule has 2 aliphatic heterocycles. The van der Waals surface area contributed by atoms with Crippen molar-refractivity contribution in [1.82, 2.24) is 24.8 Å². The van der Waals surface area contributed by atoms with Crippen LogP contribution in [-0.4, -0.2) is 63.5 Å². The van der Waals surface area contributed by atoms with E-state index in [1.165, 1.54) is 12.0 Å². The van der Waals surface area contributed by atoms with E-state index in [-0.39, 0.29) is 5.91 Å². The van der Waals surface area contributed by atoms with Crippen LogP contribution in [0.4, 0.5) is 0 Å². The second-order valence-electron chi connectivity index (χ2n) is 8.28. The van der Waals surface area contributed by atoms with E-state index in [9.17, 15) is 4.79 Å². The fraction of sp³-hybridized carbons (Fsp3) is 0.522. The lowest BCUT2D eigenvalue weighted by Crippen LogP contribution is -2.36. The topological polar surface area (TPSA) is 63.5 Å². The molecule has 1 unspecified atom stereocenters. The molecule has 0 spiro atoms. The number of benzene rings is 1. The lowest BCUT2D eigenvalue weighted by molar-refractivity contribution is 0.0787. The summed E-state index contributed by atoms with van der Waals surface area (Å²) in [5.74, 6) is 1.44. The van der Waals surface area contributed by atoms with Crippen molar-refractivity contribution in [2.45, 2.75) is 38.8 Å². The Morgan fingerprint density at radius 1 is 1.20 bits per heavy atom. The molecule has 1 aromatic heterocycles. The summed E-state index contributed by atoms with van der Waals surface area (Å²) in [7, 11) is 0. The average molecular weight is 410 g/mol. The molecule has 2 aromatic rings. The number of piperidine rings is 1. The number of ether oxygens (including phenoxy) is 1. The highest BCUT2D eigenvalue weighted by atomic mass is 16.5. The third-order valence-electron chi connectivity index (χ3n) is 5.92. The van der Waals surface area contributed by atoms with E-state index >= 15 is 0 Å². The highest BCUT2D eigenvalue weighted by Crippen LogP contribution is 2.24. The van der Waals surface area contributed by atoms with Crippen molar-refractivity contribution in [3.8, 4) is 5.75 Å². The maximum absolute atomic E-state index is 12.5. The third-order valence-corrected chi connectivity index (χ3v) is 5.92. The lowest BCUT2D eigenvalue weighted by Gasteiger charge is -2.33. The molecule has 0 bridgehead atoms. The van der Waals surface area contributed by atoms with Crippen LogP contribution in [0.25, 0.3) is 0 Å². The van der Waals surface area contributed by atoms with Crippen molar-refractivity contribution >= 4 is 5.91 Å². The third kappa shape index (κ3) is 5.08. The van der Waals surface area contributed by atoms with Gasteiger partial charge in [0, 0.05) is 38.3 Å². The monoisotopic (exact) mass is 409 g/mol. The minimum atomic E-state index is 0.0140. The summed E-state index contributed by atoms with van der Waals surface area (Å²) >= 11 is 0. The molecule has 0 saturated carbocycles. The smallest absolute Gasteiger partial charge is 0.276 e.